The van der Waals surface area contributed by atoms with Crippen LogP contribution in [0.3, 0.4) is 0 Å². The summed E-state index contributed by atoms with van der Waals surface area (Å²) in [6.45, 7) is 0.645. The molecule has 0 aromatic heterocycles. The molecule has 148 valence electrons. The van der Waals surface area contributed by atoms with Crippen LogP contribution in [0.15, 0.2) is 59.1 Å². The minimum Gasteiger partial charge on any atom is -0.493 e. The van der Waals surface area contributed by atoms with Crippen molar-refractivity contribution in [3.8, 4) is 17.6 Å². The second kappa shape index (κ2) is 9.11. The summed E-state index contributed by atoms with van der Waals surface area (Å²) in [6, 6.07) is 14.4. The van der Waals surface area contributed by atoms with Gasteiger partial charge in [-0.3, -0.25) is 4.99 Å². The summed E-state index contributed by atoms with van der Waals surface area (Å²) in [4.78, 5) is 6.68. The highest BCUT2D eigenvalue weighted by atomic mass is 16.5. The number of allylic oxidation sites excluding steroid dienone is 3. The average Bonchev–Trinajstić information content (AvgIpc) is 2.75. The van der Waals surface area contributed by atoms with Crippen molar-refractivity contribution in [1.82, 2.24) is 0 Å². The predicted octanol–water partition coefficient (Wildman–Crippen LogP) is 4.28. The maximum Gasteiger partial charge on any atom is 0.161 e. The molecule has 0 unspecified atom stereocenters. The Labute approximate surface area is 172 Å². The molecule has 0 saturated carbocycles. The molecule has 0 atom stereocenters. The number of anilines is 1. The highest BCUT2D eigenvalue weighted by Gasteiger charge is 2.20. The summed E-state index contributed by atoms with van der Waals surface area (Å²) in [6.07, 6.45) is 6.49. The molecule has 0 N–H and O–H groups in total. The Balaban J connectivity index is 1.89. The molecule has 1 aliphatic heterocycles. The van der Waals surface area contributed by atoms with Crippen LogP contribution in [0.25, 0.3) is 6.08 Å². The zero-order chi connectivity index (χ0) is 20.8. The van der Waals surface area contributed by atoms with E-state index in [2.05, 4.69) is 40.2 Å². The molecule has 0 saturated heterocycles. The van der Waals surface area contributed by atoms with E-state index < -0.39 is 0 Å². The van der Waals surface area contributed by atoms with E-state index in [1.165, 1.54) is 0 Å². The van der Waals surface area contributed by atoms with E-state index in [1.807, 2.05) is 44.5 Å². The summed E-state index contributed by atoms with van der Waals surface area (Å²) >= 11 is 0. The Morgan fingerprint density at radius 2 is 1.79 bits per heavy atom. The van der Waals surface area contributed by atoms with Gasteiger partial charge in [-0.05, 0) is 47.9 Å². The molecule has 0 spiro atoms. The maximum absolute atomic E-state index is 9.73. The van der Waals surface area contributed by atoms with E-state index >= 15 is 0 Å². The molecular formula is C24H25N3O2. The van der Waals surface area contributed by atoms with Crippen LogP contribution in [0.4, 0.5) is 5.69 Å². The van der Waals surface area contributed by atoms with Crippen LogP contribution in [0.1, 0.15) is 16.7 Å². The highest BCUT2D eigenvalue weighted by Crippen LogP contribution is 2.33. The molecule has 0 bridgehead atoms. The third-order valence-corrected chi connectivity index (χ3v) is 4.85. The third-order valence-electron chi connectivity index (χ3n) is 4.85. The van der Waals surface area contributed by atoms with E-state index in [-0.39, 0.29) is 0 Å². The fourth-order valence-electron chi connectivity index (χ4n) is 3.26. The number of ether oxygens (including phenoxy) is 2. The zero-order valence-electron chi connectivity index (χ0n) is 17.3. The number of hydrogen-bond donors (Lipinski definition) is 0. The van der Waals surface area contributed by atoms with Gasteiger partial charge in [0, 0.05) is 31.9 Å². The predicted molar refractivity (Wildman–Crippen MR) is 118 cm³/mol. The van der Waals surface area contributed by atoms with Crippen LogP contribution in [-0.4, -0.2) is 40.6 Å². The van der Waals surface area contributed by atoms with Crippen molar-refractivity contribution >= 4 is 17.5 Å². The molecule has 0 amide bonds. The SMILES string of the molecule is COc1cc2c(cc1OC)C(/C(C#N)=C/C=C/c1ccc(N(C)C)cc1)=NCC2. The maximum atomic E-state index is 9.73. The van der Waals surface area contributed by atoms with Crippen LogP contribution in [0.2, 0.25) is 0 Å². The Kier molecular flexibility index (Phi) is 6.36. The van der Waals surface area contributed by atoms with E-state index in [1.54, 1.807) is 14.2 Å². The summed E-state index contributed by atoms with van der Waals surface area (Å²) in [7, 11) is 7.26. The molecule has 5 heteroatoms. The fourth-order valence-corrected chi connectivity index (χ4v) is 3.26. The number of nitriles is 1. The van der Waals surface area contributed by atoms with Crippen molar-refractivity contribution in [2.24, 2.45) is 4.99 Å². The van der Waals surface area contributed by atoms with Crippen LogP contribution in [0, 0.1) is 11.3 Å². The first-order valence-electron chi connectivity index (χ1n) is 9.43. The van der Waals surface area contributed by atoms with Crippen LogP contribution < -0.4 is 14.4 Å². The van der Waals surface area contributed by atoms with Crippen molar-refractivity contribution in [2.45, 2.75) is 6.42 Å². The number of rotatable bonds is 6. The number of aliphatic imine (C=N–C) groups is 1. The molecule has 0 radical (unpaired) electrons. The topological polar surface area (TPSA) is 57.9 Å². The summed E-state index contributed by atoms with van der Waals surface area (Å²) in [5, 5.41) is 9.73. The number of nitrogens with zero attached hydrogens (tertiary/aromatic N) is 3. The Morgan fingerprint density at radius 3 is 2.41 bits per heavy atom. The smallest absolute Gasteiger partial charge is 0.161 e. The van der Waals surface area contributed by atoms with Gasteiger partial charge >= 0.3 is 0 Å². The molecule has 0 fully saturated rings. The van der Waals surface area contributed by atoms with E-state index in [0.717, 1.165) is 28.8 Å². The highest BCUT2D eigenvalue weighted by molar-refractivity contribution is 6.16. The van der Waals surface area contributed by atoms with E-state index in [4.69, 9.17) is 9.47 Å². The lowest BCUT2D eigenvalue weighted by Gasteiger charge is -2.19. The molecule has 29 heavy (non-hydrogen) atoms. The molecule has 2 aromatic rings. The lowest BCUT2D eigenvalue weighted by molar-refractivity contribution is 0.354. The van der Waals surface area contributed by atoms with Crippen LogP contribution in [-0.2, 0) is 6.42 Å². The first kappa shape index (κ1) is 20.2. The van der Waals surface area contributed by atoms with Gasteiger partial charge in [0.15, 0.2) is 11.5 Å². The molecule has 5 nitrogen and oxygen atoms in total. The number of fused-ring (bicyclic) bond motifs is 1. The van der Waals surface area contributed by atoms with Crippen LogP contribution in [0.5, 0.6) is 11.5 Å². The first-order valence-corrected chi connectivity index (χ1v) is 9.43. The minimum atomic E-state index is 0.527. The number of benzene rings is 2. The fraction of sp³-hybridized carbons (Fsp3) is 0.250. The van der Waals surface area contributed by atoms with E-state index in [9.17, 15) is 5.26 Å². The van der Waals surface area contributed by atoms with Gasteiger partial charge < -0.3 is 14.4 Å². The third kappa shape index (κ3) is 4.49. The molecule has 0 aliphatic carbocycles. The van der Waals surface area contributed by atoms with Crippen molar-refractivity contribution in [2.75, 3.05) is 39.8 Å². The second-order valence-electron chi connectivity index (χ2n) is 6.88. The Bertz CT molecular complexity index is 1010. The molecule has 3 rings (SSSR count). The molecular weight excluding hydrogens is 362 g/mol. The van der Waals surface area contributed by atoms with Gasteiger partial charge in [0.05, 0.1) is 25.5 Å². The zero-order valence-corrected chi connectivity index (χ0v) is 17.3. The Hall–Kier alpha value is -3.52. The normalized spacial score (nSPS) is 13.5. The van der Waals surface area contributed by atoms with Crippen molar-refractivity contribution < 1.29 is 9.47 Å². The van der Waals surface area contributed by atoms with Crippen molar-refractivity contribution in [1.29, 1.82) is 5.26 Å². The summed E-state index contributed by atoms with van der Waals surface area (Å²) in [5.74, 6) is 1.32. The van der Waals surface area contributed by atoms with Gasteiger partial charge in [0.1, 0.15) is 6.07 Å². The number of hydrogen-bond acceptors (Lipinski definition) is 5. The van der Waals surface area contributed by atoms with Crippen molar-refractivity contribution in [3.05, 3.63) is 70.8 Å². The largest absolute Gasteiger partial charge is 0.493 e. The monoisotopic (exact) mass is 387 g/mol. The summed E-state index contributed by atoms with van der Waals surface area (Å²) in [5.41, 5.74) is 5.47. The van der Waals surface area contributed by atoms with Gasteiger partial charge in [-0.25, -0.2) is 0 Å². The van der Waals surface area contributed by atoms with Gasteiger partial charge in [-0.2, -0.15) is 5.26 Å². The van der Waals surface area contributed by atoms with Gasteiger partial charge in [-0.1, -0.05) is 24.3 Å². The Morgan fingerprint density at radius 1 is 1.10 bits per heavy atom. The molecule has 2 aromatic carbocycles. The lowest BCUT2D eigenvalue weighted by atomic mass is 9.92. The quantitative estimate of drug-likeness (QED) is 0.548. The van der Waals surface area contributed by atoms with Gasteiger partial charge in [0.25, 0.3) is 0 Å². The van der Waals surface area contributed by atoms with Gasteiger partial charge in [0.2, 0.25) is 0 Å². The standard InChI is InChI=1S/C24H25N3O2/c1-27(2)20-10-8-17(9-11-20)6-5-7-19(16-25)24-21-15-23(29-4)22(28-3)14-18(21)12-13-26-24/h5-11,14-15H,12-13H2,1-4H3/b6-5+,19-7+. The molecule has 1 heterocycles. The van der Waals surface area contributed by atoms with Crippen molar-refractivity contribution in [3.63, 3.8) is 0 Å². The van der Waals surface area contributed by atoms with E-state index in [0.29, 0.717) is 29.3 Å². The minimum absolute atomic E-state index is 0.527. The summed E-state index contributed by atoms with van der Waals surface area (Å²) < 4.78 is 10.8. The lowest BCUT2D eigenvalue weighted by Crippen LogP contribution is -2.15. The van der Waals surface area contributed by atoms with Crippen LogP contribution >= 0.6 is 0 Å². The average molecular weight is 387 g/mol. The number of methoxy groups -OCH3 is 2. The second-order valence-corrected chi connectivity index (χ2v) is 6.88. The van der Waals surface area contributed by atoms with Gasteiger partial charge in [-0.15, -0.1) is 0 Å². The molecule has 1 aliphatic rings. The first-order chi connectivity index (χ1) is 14.1.